The molecule has 7 heteroatoms. The summed E-state index contributed by atoms with van der Waals surface area (Å²) in [5.41, 5.74) is 2.06. The topological polar surface area (TPSA) is 80.5 Å². The Morgan fingerprint density at radius 3 is 2.43 bits per heavy atom. The minimum atomic E-state index is -0.400. The lowest BCUT2D eigenvalue weighted by atomic mass is 9.98. The van der Waals surface area contributed by atoms with E-state index in [1.165, 1.54) is 0 Å². The fourth-order valence-corrected chi connectivity index (χ4v) is 3.02. The number of anilines is 1. The van der Waals surface area contributed by atoms with Crippen molar-refractivity contribution in [1.82, 2.24) is 9.88 Å². The molecule has 0 spiro atoms. The van der Waals surface area contributed by atoms with Gasteiger partial charge in [-0.15, -0.1) is 0 Å². The highest BCUT2D eigenvalue weighted by atomic mass is 35.5. The number of halogens is 1. The Hall–Kier alpha value is -1.37. The summed E-state index contributed by atoms with van der Waals surface area (Å²) in [7, 11) is 0. The maximum Gasteiger partial charge on any atom is 0.254 e. The Morgan fingerprint density at radius 2 is 1.90 bits per heavy atom. The van der Waals surface area contributed by atoms with Gasteiger partial charge in [0.25, 0.3) is 5.91 Å². The van der Waals surface area contributed by atoms with Gasteiger partial charge in [0, 0.05) is 18.7 Å². The van der Waals surface area contributed by atoms with Crippen molar-refractivity contribution in [3.8, 4) is 0 Å². The van der Waals surface area contributed by atoms with E-state index >= 15 is 0 Å². The quantitative estimate of drug-likeness (QED) is 0.496. The number of nitrogens with one attached hydrogen (secondary N) is 1. The van der Waals surface area contributed by atoms with Crippen LogP contribution in [0.25, 0.3) is 0 Å². The lowest BCUT2D eigenvalue weighted by molar-refractivity contribution is -0.171. The third kappa shape index (κ3) is 3.84. The summed E-state index contributed by atoms with van der Waals surface area (Å²) in [6.45, 7) is 8.92. The highest BCUT2D eigenvalue weighted by molar-refractivity contribution is 6.29. The summed E-state index contributed by atoms with van der Waals surface area (Å²) in [5.74, 6) is 5.58. The van der Waals surface area contributed by atoms with Crippen LogP contribution in [-0.2, 0) is 4.74 Å². The molecular formula is C14H21ClN4O2. The second-order valence-electron chi connectivity index (χ2n) is 6.49. The smallest absolute Gasteiger partial charge is 0.254 e. The number of hydrazine groups is 1. The number of amides is 1. The van der Waals surface area contributed by atoms with Crippen LogP contribution in [0.2, 0.25) is 5.15 Å². The number of rotatable bonds is 2. The Bertz CT molecular complexity index is 544. The van der Waals surface area contributed by atoms with Crippen molar-refractivity contribution < 1.29 is 9.53 Å². The first-order valence-electron chi connectivity index (χ1n) is 6.76. The van der Waals surface area contributed by atoms with Crippen LogP contribution in [0.15, 0.2) is 12.1 Å². The molecule has 2 heterocycles. The highest BCUT2D eigenvalue weighted by Gasteiger charge is 2.40. The number of nitrogens with zero attached hydrogens (tertiary/aromatic N) is 2. The van der Waals surface area contributed by atoms with Gasteiger partial charge in [0.1, 0.15) is 11.0 Å². The Balaban J connectivity index is 2.29. The SMILES string of the molecule is CC1(C)CN(C(=O)c2cc(Cl)nc(NN)c2)CC(C)(C)O1. The minimum absolute atomic E-state index is 0.111. The number of nitrogens with two attached hydrogens (primary N) is 1. The molecule has 0 radical (unpaired) electrons. The van der Waals surface area contributed by atoms with Crippen LogP contribution >= 0.6 is 11.6 Å². The predicted octanol–water partition coefficient (Wildman–Crippen LogP) is 2.05. The molecule has 0 aliphatic carbocycles. The van der Waals surface area contributed by atoms with Crippen LogP contribution in [0, 0.1) is 0 Å². The zero-order chi connectivity index (χ0) is 15.8. The molecule has 0 aromatic carbocycles. The summed E-state index contributed by atoms with van der Waals surface area (Å²) in [6.07, 6.45) is 0. The van der Waals surface area contributed by atoms with E-state index < -0.39 is 11.2 Å². The number of nitrogen functional groups attached to an aromatic ring is 1. The number of carbonyl (C=O) groups excluding carboxylic acids is 1. The van der Waals surface area contributed by atoms with E-state index in [4.69, 9.17) is 22.2 Å². The van der Waals surface area contributed by atoms with Crippen molar-refractivity contribution in [2.75, 3.05) is 18.5 Å². The van der Waals surface area contributed by atoms with Crippen molar-refractivity contribution in [2.24, 2.45) is 5.84 Å². The molecule has 0 atom stereocenters. The van der Waals surface area contributed by atoms with E-state index in [0.717, 1.165) is 0 Å². The third-order valence-corrected chi connectivity index (χ3v) is 3.37. The molecule has 0 bridgehead atoms. The normalized spacial score (nSPS) is 20.2. The molecule has 1 aliphatic heterocycles. The van der Waals surface area contributed by atoms with Gasteiger partial charge in [-0.05, 0) is 39.8 Å². The molecule has 1 aromatic rings. The van der Waals surface area contributed by atoms with Gasteiger partial charge in [0.05, 0.1) is 11.2 Å². The van der Waals surface area contributed by atoms with Crippen LogP contribution in [0.5, 0.6) is 0 Å². The van der Waals surface area contributed by atoms with E-state index in [-0.39, 0.29) is 11.1 Å². The second kappa shape index (κ2) is 5.44. The first kappa shape index (κ1) is 16.0. The molecule has 1 fully saturated rings. The first-order chi connectivity index (χ1) is 9.62. The number of carbonyl (C=O) groups is 1. The first-order valence-corrected chi connectivity index (χ1v) is 7.13. The summed E-state index contributed by atoms with van der Waals surface area (Å²) < 4.78 is 5.98. The van der Waals surface area contributed by atoms with Gasteiger partial charge in [-0.1, -0.05) is 11.6 Å². The molecule has 1 saturated heterocycles. The molecule has 116 valence electrons. The fourth-order valence-electron chi connectivity index (χ4n) is 2.81. The number of ether oxygens (including phenoxy) is 1. The molecule has 2 rings (SSSR count). The summed E-state index contributed by atoms with van der Waals surface area (Å²) >= 11 is 5.92. The van der Waals surface area contributed by atoms with Gasteiger partial charge in [0.15, 0.2) is 0 Å². The fraction of sp³-hybridized carbons (Fsp3) is 0.571. The number of hydrogen-bond acceptors (Lipinski definition) is 5. The van der Waals surface area contributed by atoms with Crippen molar-refractivity contribution in [2.45, 2.75) is 38.9 Å². The molecule has 1 aliphatic rings. The highest BCUT2D eigenvalue weighted by Crippen LogP contribution is 2.29. The van der Waals surface area contributed by atoms with Crippen molar-refractivity contribution >= 4 is 23.3 Å². The molecule has 0 unspecified atom stereocenters. The Morgan fingerprint density at radius 1 is 1.33 bits per heavy atom. The lowest BCUT2D eigenvalue weighted by Crippen LogP contribution is -2.58. The minimum Gasteiger partial charge on any atom is -0.366 e. The molecule has 1 amide bonds. The van der Waals surface area contributed by atoms with Gasteiger partial charge >= 0.3 is 0 Å². The molecule has 0 saturated carbocycles. The predicted molar refractivity (Wildman–Crippen MR) is 82.2 cm³/mol. The molecule has 21 heavy (non-hydrogen) atoms. The number of hydrogen-bond donors (Lipinski definition) is 2. The van der Waals surface area contributed by atoms with E-state index in [0.29, 0.717) is 24.5 Å². The molecular weight excluding hydrogens is 292 g/mol. The van der Waals surface area contributed by atoms with E-state index in [1.54, 1.807) is 17.0 Å². The van der Waals surface area contributed by atoms with Gasteiger partial charge in [-0.3, -0.25) is 4.79 Å². The Labute approximate surface area is 129 Å². The number of pyridine rings is 1. The molecule has 3 N–H and O–H groups in total. The molecule has 6 nitrogen and oxygen atoms in total. The zero-order valence-corrected chi connectivity index (χ0v) is 13.5. The van der Waals surface area contributed by atoms with Crippen molar-refractivity contribution in [3.05, 3.63) is 22.8 Å². The lowest BCUT2D eigenvalue weighted by Gasteiger charge is -2.47. The number of aromatic nitrogens is 1. The van der Waals surface area contributed by atoms with Crippen LogP contribution < -0.4 is 11.3 Å². The average Bonchev–Trinajstić information content (AvgIpc) is 2.33. The third-order valence-electron chi connectivity index (χ3n) is 3.17. The van der Waals surface area contributed by atoms with Crippen LogP contribution in [0.1, 0.15) is 38.1 Å². The van der Waals surface area contributed by atoms with Crippen LogP contribution in [0.3, 0.4) is 0 Å². The van der Waals surface area contributed by atoms with E-state index in [2.05, 4.69) is 10.4 Å². The van der Waals surface area contributed by atoms with Gasteiger partial charge in [-0.2, -0.15) is 0 Å². The Kier molecular flexibility index (Phi) is 4.15. The maximum atomic E-state index is 12.7. The van der Waals surface area contributed by atoms with E-state index in [9.17, 15) is 4.79 Å². The monoisotopic (exact) mass is 312 g/mol. The second-order valence-corrected chi connectivity index (χ2v) is 6.88. The van der Waals surface area contributed by atoms with Crippen molar-refractivity contribution in [3.63, 3.8) is 0 Å². The number of morpholine rings is 1. The van der Waals surface area contributed by atoms with E-state index in [1.807, 2.05) is 27.7 Å². The zero-order valence-electron chi connectivity index (χ0n) is 12.7. The van der Waals surface area contributed by atoms with Crippen LogP contribution in [0.4, 0.5) is 5.82 Å². The average molecular weight is 313 g/mol. The maximum absolute atomic E-state index is 12.7. The van der Waals surface area contributed by atoms with Gasteiger partial charge in [0.2, 0.25) is 0 Å². The van der Waals surface area contributed by atoms with Gasteiger partial charge in [-0.25, -0.2) is 10.8 Å². The summed E-state index contributed by atoms with van der Waals surface area (Å²) in [4.78, 5) is 18.5. The molecule has 1 aromatic heterocycles. The van der Waals surface area contributed by atoms with Gasteiger partial charge < -0.3 is 15.1 Å². The van der Waals surface area contributed by atoms with Crippen molar-refractivity contribution in [1.29, 1.82) is 0 Å². The largest absolute Gasteiger partial charge is 0.366 e. The standard InChI is InChI=1S/C14H21ClN4O2/c1-13(2)7-19(8-14(3,4)21-13)12(20)9-5-10(15)17-11(6-9)18-16/h5-6H,7-8,16H2,1-4H3,(H,17,18). The summed E-state index contributed by atoms with van der Waals surface area (Å²) in [5, 5.41) is 0.223. The summed E-state index contributed by atoms with van der Waals surface area (Å²) in [6, 6.07) is 3.13. The van der Waals surface area contributed by atoms with Crippen LogP contribution in [-0.4, -0.2) is 40.1 Å².